The SMILES string of the molecule is Cc1cc(S(=O)(=O)N2CCSC(C)C2)ccc1Br. The molecule has 1 heterocycles. The molecule has 1 fully saturated rings. The van der Waals surface area contributed by atoms with Gasteiger partial charge in [0.15, 0.2) is 0 Å². The second-order valence-corrected chi connectivity index (χ2v) is 8.79. The summed E-state index contributed by atoms with van der Waals surface area (Å²) in [7, 11) is -3.34. The molecule has 18 heavy (non-hydrogen) atoms. The largest absolute Gasteiger partial charge is 0.243 e. The lowest BCUT2D eigenvalue weighted by molar-refractivity contribution is 0.424. The van der Waals surface area contributed by atoms with Crippen LogP contribution in [-0.2, 0) is 10.0 Å². The Bertz CT molecular complexity index is 545. The van der Waals surface area contributed by atoms with Gasteiger partial charge in [-0.2, -0.15) is 16.1 Å². The molecule has 1 atom stereocenters. The van der Waals surface area contributed by atoms with Gasteiger partial charge in [0.05, 0.1) is 4.90 Å². The van der Waals surface area contributed by atoms with Crippen LogP contribution in [0.5, 0.6) is 0 Å². The molecule has 0 saturated carbocycles. The standard InChI is InChI=1S/C12H16BrNO2S2/c1-9-7-11(3-4-12(9)13)18(15,16)14-5-6-17-10(2)8-14/h3-4,7,10H,5-6,8H2,1-2H3. The van der Waals surface area contributed by atoms with Gasteiger partial charge in [-0.1, -0.05) is 22.9 Å². The van der Waals surface area contributed by atoms with Crippen LogP contribution in [0.1, 0.15) is 12.5 Å². The number of thioether (sulfide) groups is 1. The molecule has 0 aliphatic carbocycles. The van der Waals surface area contributed by atoms with E-state index in [1.807, 2.05) is 18.7 Å². The van der Waals surface area contributed by atoms with Crippen LogP contribution in [0.15, 0.2) is 27.6 Å². The van der Waals surface area contributed by atoms with Crippen molar-refractivity contribution in [2.24, 2.45) is 0 Å². The number of aryl methyl sites for hydroxylation is 1. The van der Waals surface area contributed by atoms with Gasteiger partial charge in [-0.3, -0.25) is 0 Å². The van der Waals surface area contributed by atoms with E-state index in [9.17, 15) is 8.42 Å². The van der Waals surface area contributed by atoms with Crippen LogP contribution in [0.2, 0.25) is 0 Å². The molecule has 0 spiro atoms. The van der Waals surface area contributed by atoms with E-state index in [1.54, 1.807) is 22.5 Å². The van der Waals surface area contributed by atoms with Gasteiger partial charge in [-0.05, 0) is 30.7 Å². The Balaban J connectivity index is 2.32. The molecule has 1 aromatic rings. The van der Waals surface area contributed by atoms with Gasteiger partial charge in [0.25, 0.3) is 0 Å². The van der Waals surface area contributed by atoms with Crippen molar-refractivity contribution in [1.29, 1.82) is 0 Å². The first-order valence-corrected chi connectivity index (χ1v) is 9.07. The van der Waals surface area contributed by atoms with Crippen LogP contribution in [0.4, 0.5) is 0 Å². The Labute approximate surface area is 121 Å². The predicted octanol–water partition coefficient (Wildman–Crippen LogP) is 2.88. The van der Waals surface area contributed by atoms with Crippen molar-refractivity contribution in [3.63, 3.8) is 0 Å². The summed E-state index contributed by atoms with van der Waals surface area (Å²) in [5, 5.41) is 0.366. The number of halogens is 1. The molecule has 1 unspecified atom stereocenters. The predicted molar refractivity (Wildman–Crippen MR) is 79.6 cm³/mol. The van der Waals surface area contributed by atoms with E-state index in [0.29, 0.717) is 23.2 Å². The van der Waals surface area contributed by atoms with Gasteiger partial charge < -0.3 is 0 Å². The fraction of sp³-hybridized carbons (Fsp3) is 0.500. The third-order valence-electron chi connectivity index (χ3n) is 2.97. The Morgan fingerprint density at radius 1 is 1.44 bits per heavy atom. The second kappa shape index (κ2) is 5.53. The highest BCUT2D eigenvalue weighted by molar-refractivity contribution is 9.10. The maximum atomic E-state index is 12.5. The van der Waals surface area contributed by atoms with E-state index in [2.05, 4.69) is 22.9 Å². The van der Waals surface area contributed by atoms with E-state index < -0.39 is 10.0 Å². The fourth-order valence-electron chi connectivity index (χ4n) is 1.93. The van der Waals surface area contributed by atoms with Crippen molar-refractivity contribution >= 4 is 37.7 Å². The average Bonchev–Trinajstić information content (AvgIpc) is 2.32. The van der Waals surface area contributed by atoms with Gasteiger partial charge >= 0.3 is 0 Å². The van der Waals surface area contributed by atoms with E-state index in [1.165, 1.54) is 0 Å². The zero-order chi connectivity index (χ0) is 13.3. The van der Waals surface area contributed by atoms with Gasteiger partial charge in [-0.15, -0.1) is 0 Å². The third kappa shape index (κ3) is 2.92. The van der Waals surface area contributed by atoms with E-state index in [-0.39, 0.29) is 0 Å². The quantitative estimate of drug-likeness (QED) is 0.823. The maximum absolute atomic E-state index is 12.5. The highest BCUT2D eigenvalue weighted by atomic mass is 79.9. The molecule has 0 aromatic heterocycles. The number of nitrogens with zero attached hydrogens (tertiary/aromatic N) is 1. The number of hydrogen-bond acceptors (Lipinski definition) is 3. The van der Waals surface area contributed by atoms with Crippen molar-refractivity contribution in [3.8, 4) is 0 Å². The summed E-state index contributed by atoms with van der Waals surface area (Å²) < 4.78 is 27.5. The van der Waals surface area contributed by atoms with Crippen molar-refractivity contribution in [2.45, 2.75) is 24.0 Å². The highest BCUT2D eigenvalue weighted by Gasteiger charge is 2.28. The minimum Gasteiger partial charge on any atom is -0.207 e. The molecule has 0 radical (unpaired) electrons. The first-order valence-electron chi connectivity index (χ1n) is 5.79. The van der Waals surface area contributed by atoms with Crippen molar-refractivity contribution in [3.05, 3.63) is 28.2 Å². The summed E-state index contributed by atoms with van der Waals surface area (Å²) in [6.07, 6.45) is 0. The molecule has 100 valence electrons. The van der Waals surface area contributed by atoms with Crippen LogP contribution < -0.4 is 0 Å². The van der Waals surface area contributed by atoms with E-state index >= 15 is 0 Å². The lowest BCUT2D eigenvalue weighted by Gasteiger charge is -2.29. The summed E-state index contributed by atoms with van der Waals surface area (Å²) in [5.41, 5.74) is 0.940. The molecule has 2 rings (SSSR count). The topological polar surface area (TPSA) is 37.4 Å². The van der Waals surface area contributed by atoms with Crippen molar-refractivity contribution in [2.75, 3.05) is 18.8 Å². The molecule has 6 heteroatoms. The lowest BCUT2D eigenvalue weighted by atomic mass is 10.2. The molecule has 1 aromatic carbocycles. The highest BCUT2D eigenvalue weighted by Crippen LogP contribution is 2.26. The summed E-state index contributed by atoms with van der Waals surface area (Å²) in [5.74, 6) is 0.871. The fourth-order valence-corrected chi connectivity index (χ4v) is 5.02. The normalized spacial score (nSPS) is 22.1. The first kappa shape index (κ1) is 14.4. The molecule has 3 nitrogen and oxygen atoms in total. The minimum atomic E-state index is -3.34. The molecule has 0 N–H and O–H groups in total. The van der Waals surface area contributed by atoms with E-state index in [4.69, 9.17) is 0 Å². The zero-order valence-electron chi connectivity index (χ0n) is 10.4. The Kier molecular flexibility index (Phi) is 4.41. The molecule has 1 aliphatic heterocycles. The Morgan fingerprint density at radius 3 is 2.78 bits per heavy atom. The third-order valence-corrected chi connectivity index (χ3v) is 6.86. The number of hydrogen-bond donors (Lipinski definition) is 0. The average molecular weight is 350 g/mol. The molecular formula is C12H16BrNO2S2. The van der Waals surface area contributed by atoms with Gasteiger partial charge in [0, 0.05) is 28.6 Å². The van der Waals surface area contributed by atoms with Crippen molar-refractivity contribution in [1.82, 2.24) is 4.31 Å². The van der Waals surface area contributed by atoms with Crippen LogP contribution >= 0.6 is 27.7 Å². The number of rotatable bonds is 2. The zero-order valence-corrected chi connectivity index (χ0v) is 13.6. The Morgan fingerprint density at radius 2 is 2.17 bits per heavy atom. The monoisotopic (exact) mass is 349 g/mol. The van der Waals surface area contributed by atoms with Crippen LogP contribution in [0.3, 0.4) is 0 Å². The summed E-state index contributed by atoms with van der Waals surface area (Å²) in [4.78, 5) is 0.391. The molecule has 1 saturated heterocycles. The second-order valence-electron chi connectivity index (χ2n) is 4.46. The first-order chi connectivity index (χ1) is 8.41. The smallest absolute Gasteiger partial charge is 0.207 e. The van der Waals surface area contributed by atoms with Crippen molar-refractivity contribution < 1.29 is 8.42 Å². The lowest BCUT2D eigenvalue weighted by Crippen LogP contribution is -2.40. The number of benzene rings is 1. The van der Waals surface area contributed by atoms with Crippen LogP contribution in [0, 0.1) is 6.92 Å². The molecular weight excluding hydrogens is 334 g/mol. The summed E-state index contributed by atoms with van der Waals surface area (Å²) in [6, 6.07) is 5.19. The molecule has 1 aliphatic rings. The molecule has 0 amide bonds. The molecule has 0 bridgehead atoms. The summed E-state index contributed by atoms with van der Waals surface area (Å²) >= 11 is 5.22. The van der Waals surface area contributed by atoms with E-state index in [0.717, 1.165) is 15.8 Å². The summed E-state index contributed by atoms with van der Waals surface area (Å²) in [6.45, 7) is 5.17. The van der Waals surface area contributed by atoms with Gasteiger partial charge in [0.1, 0.15) is 0 Å². The maximum Gasteiger partial charge on any atom is 0.243 e. The van der Waals surface area contributed by atoms with Crippen LogP contribution in [-0.4, -0.2) is 36.8 Å². The van der Waals surface area contributed by atoms with Crippen LogP contribution in [0.25, 0.3) is 0 Å². The van der Waals surface area contributed by atoms with Gasteiger partial charge in [-0.25, -0.2) is 8.42 Å². The Hall–Kier alpha value is -0.0400. The minimum absolute atomic E-state index is 0.366. The number of sulfonamides is 1. The van der Waals surface area contributed by atoms with Gasteiger partial charge in [0.2, 0.25) is 10.0 Å².